The molecule has 1 aliphatic rings. The number of thiophene rings is 1. The minimum absolute atomic E-state index is 0.187. The molecule has 1 aromatic heterocycles. The number of anilines is 1. The molecule has 1 aromatic carbocycles. The minimum Gasteiger partial charge on any atom is -0.382 e. The van der Waals surface area contributed by atoms with Crippen LogP contribution >= 0.6 is 11.3 Å². The molecule has 0 radical (unpaired) electrons. The van der Waals surface area contributed by atoms with Crippen molar-refractivity contribution in [3.05, 3.63) is 41.1 Å². The topological polar surface area (TPSA) is 32.3 Å². The quantitative estimate of drug-likeness (QED) is 0.934. The van der Waals surface area contributed by atoms with Crippen LogP contribution in [0.25, 0.3) is 11.1 Å². The third kappa shape index (κ3) is 3.27. The van der Waals surface area contributed by atoms with Crippen molar-refractivity contribution in [2.24, 2.45) is 0 Å². The van der Waals surface area contributed by atoms with Gasteiger partial charge in [-0.05, 0) is 41.3 Å². The van der Waals surface area contributed by atoms with Crippen molar-refractivity contribution in [2.75, 3.05) is 18.4 Å². The number of para-hydroxylation sites is 1. The predicted molar refractivity (Wildman–Crippen MR) is 88.7 cm³/mol. The predicted octanol–water partition coefficient (Wildman–Crippen LogP) is 3.84. The van der Waals surface area contributed by atoms with Gasteiger partial charge in [-0.15, -0.1) is 0 Å². The molecule has 0 saturated carbocycles. The van der Waals surface area contributed by atoms with Crippen LogP contribution in [-0.2, 0) is 4.79 Å². The van der Waals surface area contributed by atoms with Gasteiger partial charge >= 0.3 is 0 Å². The van der Waals surface area contributed by atoms with E-state index in [1.807, 2.05) is 4.90 Å². The molecular weight excluding hydrogens is 280 g/mol. The number of carbonyl (C=O) groups is 1. The first-order valence-corrected chi connectivity index (χ1v) is 8.32. The molecule has 3 rings (SSSR count). The Kier molecular flexibility index (Phi) is 4.25. The molecule has 0 unspecified atom stereocenters. The van der Waals surface area contributed by atoms with Crippen LogP contribution < -0.4 is 5.32 Å². The van der Waals surface area contributed by atoms with E-state index >= 15 is 0 Å². The van der Waals surface area contributed by atoms with E-state index in [0.717, 1.165) is 25.9 Å². The summed E-state index contributed by atoms with van der Waals surface area (Å²) in [6.07, 6.45) is 2.02. The Morgan fingerprint density at radius 2 is 2.00 bits per heavy atom. The van der Waals surface area contributed by atoms with E-state index in [0.29, 0.717) is 6.04 Å². The van der Waals surface area contributed by atoms with Crippen LogP contribution in [0.15, 0.2) is 41.1 Å². The Balaban J connectivity index is 1.70. The first-order valence-electron chi connectivity index (χ1n) is 7.37. The zero-order valence-corrected chi connectivity index (χ0v) is 13.0. The number of benzene rings is 1. The summed E-state index contributed by atoms with van der Waals surface area (Å²) in [4.78, 5) is 13.3. The van der Waals surface area contributed by atoms with Crippen molar-refractivity contribution in [3.8, 4) is 11.1 Å². The third-order valence-electron chi connectivity index (χ3n) is 4.06. The Morgan fingerprint density at radius 1 is 1.24 bits per heavy atom. The average molecular weight is 300 g/mol. The van der Waals surface area contributed by atoms with E-state index in [1.165, 1.54) is 16.8 Å². The molecule has 0 aliphatic carbocycles. The largest absolute Gasteiger partial charge is 0.382 e. The van der Waals surface area contributed by atoms with Crippen LogP contribution in [0, 0.1) is 0 Å². The summed E-state index contributed by atoms with van der Waals surface area (Å²) < 4.78 is 0. The highest BCUT2D eigenvalue weighted by Crippen LogP contribution is 2.30. The number of carbonyl (C=O) groups excluding carboxylic acids is 1. The highest BCUT2D eigenvalue weighted by Gasteiger charge is 2.21. The molecular formula is C17H20N2OS. The normalized spacial score (nSPS) is 16.0. The van der Waals surface area contributed by atoms with E-state index in [-0.39, 0.29) is 5.91 Å². The molecule has 4 heteroatoms. The lowest BCUT2D eigenvalue weighted by atomic mass is 10.0. The molecule has 0 spiro atoms. The van der Waals surface area contributed by atoms with Gasteiger partial charge in [0.15, 0.2) is 0 Å². The molecule has 2 aromatic rings. The van der Waals surface area contributed by atoms with Gasteiger partial charge in [0.25, 0.3) is 0 Å². The smallest absolute Gasteiger partial charge is 0.219 e. The number of nitrogens with zero attached hydrogens (tertiary/aromatic N) is 1. The highest BCUT2D eigenvalue weighted by molar-refractivity contribution is 7.08. The molecule has 110 valence electrons. The lowest BCUT2D eigenvalue weighted by Gasteiger charge is -2.32. The van der Waals surface area contributed by atoms with Gasteiger partial charge in [0.05, 0.1) is 0 Å². The number of amides is 1. The van der Waals surface area contributed by atoms with Crippen molar-refractivity contribution < 1.29 is 4.79 Å². The van der Waals surface area contributed by atoms with Gasteiger partial charge in [-0.25, -0.2) is 0 Å². The Bertz CT molecular complexity index is 601. The Hall–Kier alpha value is -1.81. The van der Waals surface area contributed by atoms with Crippen LogP contribution in [0.1, 0.15) is 19.8 Å². The van der Waals surface area contributed by atoms with Crippen molar-refractivity contribution in [1.29, 1.82) is 0 Å². The maximum atomic E-state index is 11.4. The minimum atomic E-state index is 0.187. The summed E-state index contributed by atoms with van der Waals surface area (Å²) in [6, 6.07) is 11.1. The van der Waals surface area contributed by atoms with E-state index in [9.17, 15) is 4.79 Å². The zero-order valence-electron chi connectivity index (χ0n) is 12.2. The van der Waals surface area contributed by atoms with Crippen LogP contribution in [0.4, 0.5) is 5.69 Å². The molecule has 3 nitrogen and oxygen atoms in total. The standard InChI is InChI=1S/C17H20N2OS/c1-13(20)19-9-6-15(7-10-19)18-17-5-3-2-4-16(17)14-8-11-21-12-14/h2-5,8,11-12,15,18H,6-7,9-10H2,1H3. The van der Waals surface area contributed by atoms with Crippen molar-refractivity contribution in [1.82, 2.24) is 4.90 Å². The van der Waals surface area contributed by atoms with Crippen LogP contribution in [-0.4, -0.2) is 29.9 Å². The van der Waals surface area contributed by atoms with Gasteiger partial charge in [-0.3, -0.25) is 4.79 Å². The van der Waals surface area contributed by atoms with Crippen molar-refractivity contribution in [2.45, 2.75) is 25.8 Å². The van der Waals surface area contributed by atoms with Gasteiger partial charge in [-0.1, -0.05) is 18.2 Å². The second kappa shape index (κ2) is 6.31. The monoisotopic (exact) mass is 300 g/mol. The maximum Gasteiger partial charge on any atom is 0.219 e. The lowest BCUT2D eigenvalue weighted by molar-refractivity contribution is -0.129. The second-order valence-electron chi connectivity index (χ2n) is 5.48. The number of hydrogen-bond acceptors (Lipinski definition) is 3. The van der Waals surface area contributed by atoms with Crippen LogP contribution in [0.2, 0.25) is 0 Å². The van der Waals surface area contributed by atoms with E-state index < -0.39 is 0 Å². The Morgan fingerprint density at radius 3 is 2.67 bits per heavy atom. The van der Waals surface area contributed by atoms with Gasteiger partial charge < -0.3 is 10.2 Å². The third-order valence-corrected chi connectivity index (χ3v) is 4.74. The van der Waals surface area contributed by atoms with Gasteiger partial charge in [0.2, 0.25) is 5.91 Å². The van der Waals surface area contributed by atoms with Crippen LogP contribution in [0.3, 0.4) is 0 Å². The summed E-state index contributed by atoms with van der Waals surface area (Å²) in [6.45, 7) is 3.36. The molecule has 21 heavy (non-hydrogen) atoms. The number of nitrogens with one attached hydrogen (secondary N) is 1. The molecule has 0 atom stereocenters. The van der Waals surface area contributed by atoms with Gasteiger partial charge in [-0.2, -0.15) is 11.3 Å². The zero-order chi connectivity index (χ0) is 14.7. The second-order valence-corrected chi connectivity index (χ2v) is 6.26. The van der Waals surface area contributed by atoms with E-state index in [2.05, 4.69) is 46.4 Å². The average Bonchev–Trinajstić information content (AvgIpc) is 3.02. The first-order chi connectivity index (χ1) is 10.2. The fraction of sp³-hybridized carbons (Fsp3) is 0.353. The number of likely N-dealkylation sites (tertiary alicyclic amines) is 1. The molecule has 1 aliphatic heterocycles. The van der Waals surface area contributed by atoms with E-state index in [4.69, 9.17) is 0 Å². The van der Waals surface area contributed by atoms with Crippen molar-refractivity contribution >= 4 is 22.9 Å². The highest BCUT2D eigenvalue weighted by atomic mass is 32.1. The van der Waals surface area contributed by atoms with E-state index in [1.54, 1.807) is 18.3 Å². The summed E-state index contributed by atoms with van der Waals surface area (Å²) in [5.74, 6) is 0.187. The fourth-order valence-electron chi connectivity index (χ4n) is 2.84. The molecule has 1 N–H and O–H groups in total. The van der Waals surface area contributed by atoms with Gasteiger partial charge in [0, 0.05) is 37.3 Å². The molecule has 0 bridgehead atoms. The first kappa shape index (κ1) is 14.1. The number of piperidine rings is 1. The molecule has 2 heterocycles. The van der Waals surface area contributed by atoms with Gasteiger partial charge in [0.1, 0.15) is 0 Å². The summed E-state index contributed by atoms with van der Waals surface area (Å²) in [7, 11) is 0. The molecule has 1 amide bonds. The van der Waals surface area contributed by atoms with Crippen LogP contribution in [0.5, 0.6) is 0 Å². The maximum absolute atomic E-state index is 11.4. The lowest BCUT2D eigenvalue weighted by Crippen LogP contribution is -2.41. The summed E-state index contributed by atoms with van der Waals surface area (Å²) in [5, 5.41) is 7.95. The number of rotatable bonds is 3. The Labute approximate surface area is 129 Å². The summed E-state index contributed by atoms with van der Waals surface area (Å²) >= 11 is 1.72. The molecule has 1 saturated heterocycles. The summed E-state index contributed by atoms with van der Waals surface area (Å²) in [5.41, 5.74) is 3.72. The molecule has 1 fully saturated rings. The SMILES string of the molecule is CC(=O)N1CCC(Nc2ccccc2-c2ccsc2)CC1. The van der Waals surface area contributed by atoms with Crippen molar-refractivity contribution in [3.63, 3.8) is 0 Å². The number of hydrogen-bond donors (Lipinski definition) is 1. The fourth-order valence-corrected chi connectivity index (χ4v) is 3.49.